The summed E-state index contributed by atoms with van der Waals surface area (Å²) in [6, 6.07) is 6.08. The second-order valence-corrected chi connectivity index (χ2v) is 3.87. The fourth-order valence-electron chi connectivity index (χ4n) is 1.77. The summed E-state index contributed by atoms with van der Waals surface area (Å²) in [6.07, 6.45) is 3.45. The molecule has 0 atom stereocenters. The Kier molecular flexibility index (Phi) is 3.44. The van der Waals surface area contributed by atoms with E-state index < -0.39 is 0 Å². The van der Waals surface area contributed by atoms with Crippen LogP contribution in [0.4, 0.5) is 0 Å². The molecule has 0 saturated heterocycles. The van der Waals surface area contributed by atoms with Crippen LogP contribution in [0.1, 0.15) is 5.56 Å². The number of hydrogen-bond acceptors (Lipinski definition) is 4. The summed E-state index contributed by atoms with van der Waals surface area (Å²) in [5.74, 6) is 0. The number of nitrogens with zero attached hydrogens (tertiary/aromatic N) is 3. The minimum atomic E-state index is 0.674. The maximum absolute atomic E-state index is 5.53. The summed E-state index contributed by atoms with van der Waals surface area (Å²) in [7, 11) is 2.06. The van der Waals surface area contributed by atoms with Crippen LogP contribution in [0.25, 0.3) is 11.0 Å². The molecule has 0 spiro atoms. The molecule has 16 heavy (non-hydrogen) atoms. The first-order valence-electron chi connectivity index (χ1n) is 5.38. The third kappa shape index (κ3) is 2.35. The van der Waals surface area contributed by atoms with Crippen LogP contribution in [0.3, 0.4) is 0 Å². The number of rotatable bonds is 4. The lowest BCUT2D eigenvalue weighted by Gasteiger charge is -2.15. The van der Waals surface area contributed by atoms with E-state index >= 15 is 0 Å². The number of para-hydroxylation sites is 1. The van der Waals surface area contributed by atoms with Crippen LogP contribution in [0.2, 0.25) is 0 Å². The second-order valence-electron chi connectivity index (χ2n) is 3.87. The lowest BCUT2D eigenvalue weighted by Crippen LogP contribution is -2.25. The fourth-order valence-corrected chi connectivity index (χ4v) is 1.77. The predicted molar refractivity (Wildman–Crippen MR) is 64.9 cm³/mol. The topological polar surface area (TPSA) is 55.0 Å². The summed E-state index contributed by atoms with van der Waals surface area (Å²) in [5, 5.41) is 0. The number of hydrogen-bond donors (Lipinski definition) is 1. The molecule has 4 nitrogen and oxygen atoms in total. The van der Waals surface area contributed by atoms with Crippen LogP contribution in [0.15, 0.2) is 30.6 Å². The molecule has 0 fully saturated rings. The van der Waals surface area contributed by atoms with Crippen molar-refractivity contribution < 1.29 is 0 Å². The van der Waals surface area contributed by atoms with Gasteiger partial charge in [0.25, 0.3) is 0 Å². The van der Waals surface area contributed by atoms with Gasteiger partial charge in [-0.15, -0.1) is 0 Å². The molecule has 0 bridgehead atoms. The molecule has 4 heteroatoms. The zero-order valence-electron chi connectivity index (χ0n) is 9.43. The van der Waals surface area contributed by atoms with E-state index in [1.54, 1.807) is 12.4 Å². The lowest BCUT2D eigenvalue weighted by atomic mass is 10.1. The quantitative estimate of drug-likeness (QED) is 0.829. The maximum atomic E-state index is 5.53. The van der Waals surface area contributed by atoms with Crippen molar-refractivity contribution in [2.45, 2.75) is 6.54 Å². The monoisotopic (exact) mass is 216 g/mol. The standard InChI is InChI=1S/C12H16N4/c1-16(8-5-13)9-10-3-2-4-11-12(10)15-7-6-14-11/h2-4,6-7H,5,8-9,13H2,1H3. The Morgan fingerprint density at radius 1 is 1.25 bits per heavy atom. The van der Waals surface area contributed by atoms with Gasteiger partial charge in [0.2, 0.25) is 0 Å². The molecule has 0 unspecified atom stereocenters. The Morgan fingerprint density at radius 3 is 2.88 bits per heavy atom. The average Bonchev–Trinajstić information content (AvgIpc) is 2.30. The van der Waals surface area contributed by atoms with Gasteiger partial charge in [-0.25, -0.2) is 0 Å². The van der Waals surface area contributed by atoms with Crippen molar-refractivity contribution in [3.63, 3.8) is 0 Å². The van der Waals surface area contributed by atoms with Gasteiger partial charge in [-0.2, -0.15) is 0 Å². The van der Waals surface area contributed by atoms with E-state index in [0.29, 0.717) is 6.54 Å². The van der Waals surface area contributed by atoms with Gasteiger partial charge in [0.1, 0.15) is 0 Å². The van der Waals surface area contributed by atoms with Gasteiger partial charge in [-0.05, 0) is 18.7 Å². The van der Waals surface area contributed by atoms with Crippen molar-refractivity contribution in [3.05, 3.63) is 36.2 Å². The number of aromatic nitrogens is 2. The molecule has 0 aliphatic carbocycles. The SMILES string of the molecule is CN(CCN)Cc1cccc2nccnc12. The molecular weight excluding hydrogens is 200 g/mol. The van der Waals surface area contributed by atoms with Crippen molar-refractivity contribution in [2.75, 3.05) is 20.1 Å². The number of benzene rings is 1. The van der Waals surface area contributed by atoms with E-state index in [1.807, 2.05) is 12.1 Å². The molecule has 0 aliphatic rings. The first-order valence-corrected chi connectivity index (χ1v) is 5.38. The summed E-state index contributed by atoms with van der Waals surface area (Å²) < 4.78 is 0. The molecule has 1 heterocycles. The van der Waals surface area contributed by atoms with E-state index in [4.69, 9.17) is 5.73 Å². The molecule has 1 aromatic heterocycles. The van der Waals surface area contributed by atoms with E-state index in [0.717, 1.165) is 24.1 Å². The highest BCUT2D eigenvalue weighted by molar-refractivity contribution is 5.77. The van der Waals surface area contributed by atoms with E-state index in [2.05, 4.69) is 28.0 Å². The van der Waals surface area contributed by atoms with Crippen LogP contribution in [0, 0.1) is 0 Å². The van der Waals surface area contributed by atoms with Crippen molar-refractivity contribution >= 4 is 11.0 Å². The van der Waals surface area contributed by atoms with Crippen molar-refractivity contribution in [1.29, 1.82) is 0 Å². The van der Waals surface area contributed by atoms with E-state index in [-0.39, 0.29) is 0 Å². The highest BCUT2D eigenvalue weighted by Gasteiger charge is 2.04. The Bertz CT molecular complexity index is 464. The van der Waals surface area contributed by atoms with E-state index in [9.17, 15) is 0 Å². The zero-order chi connectivity index (χ0) is 11.4. The first kappa shape index (κ1) is 11.0. The zero-order valence-corrected chi connectivity index (χ0v) is 9.43. The molecule has 2 aromatic rings. The highest BCUT2D eigenvalue weighted by Crippen LogP contribution is 2.14. The van der Waals surface area contributed by atoms with Crippen molar-refractivity contribution in [3.8, 4) is 0 Å². The van der Waals surface area contributed by atoms with Crippen LogP contribution in [-0.4, -0.2) is 35.0 Å². The minimum Gasteiger partial charge on any atom is -0.329 e. The molecule has 0 amide bonds. The second kappa shape index (κ2) is 5.01. The Labute approximate surface area is 95.1 Å². The van der Waals surface area contributed by atoms with Crippen molar-refractivity contribution in [1.82, 2.24) is 14.9 Å². The Balaban J connectivity index is 2.30. The largest absolute Gasteiger partial charge is 0.329 e. The van der Waals surface area contributed by atoms with Crippen molar-refractivity contribution in [2.24, 2.45) is 5.73 Å². The lowest BCUT2D eigenvalue weighted by molar-refractivity contribution is 0.337. The maximum Gasteiger partial charge on any atom is 0.0931 e. The molecular formula is C12H16N4. The van der Waals surface area contributed by atoms with Crippen LogP contribution in [0.5, 0.6) is 0 Å². The van der Waals surface area contributed by atoms with E-state index in [1.165, 1.54) is 5.56 Å². The number of nitrogens with two attached hydrogens (primary N) is 1. The third-order valence-corrected chi connectivity index (χ3v) is 2.53. The van der Waals surface area contributed by atoms with Crippen LogP contribution in [-0.2, 0) is 6.54 Å². The van der Waals surface area contributed by atoms with Gasteiger partial charge in [-0.1, -0.05) is 12.1 Å². The van der Waals surface area contributed by atoms with Gasteiger partial charge in [0.05, 0.1) is 11.0 Å². The van der Waals surface area contributed by atoms with Gasteiger partial charge in [0, 0.05) is 32.0 Å². The predicted octanol–water partition coefficient (Wildman–Crippen LogP) is 1.02. The fraction of sp³-hybridized carbons (Fsp3) is 0.333. The summed E-state index contributed by atoms with van der Waals surface area (Å²) in [4.78, 5) is 10.8. The number of fused-ring (bicyclic) bond motifs is 1. The third-order valence-electron chi connectivity index (χ3n) is 2.53. The summed E-state index contributed by atoms with van der Waals surface area (Å²) in [5.41, 5.74) is 8.65. The molecule has 1 aromatic carbocycles. The van der Waals surface area contributed by atoms with Crippen LogP contribution >= 0.6 is 0 Å². The van der Waals surface area contributed by atoms with Gasteiger partial charge < -0.3 is 10.6 Å². The number of likely N-dealkylation sites (N-methyl/N-ethyl adjacent to an activating group) is 1. The molecule has 2 rings (SSSR count). The molecule has 2 N–H and O–H groups in total. The summed E-state index contributed by atoms with van der Waals surface area (Å²) in [6.45, 7) is 2.41. The Morgan fingerprint density at radius 2 is 2.06 bits per heavy atom. The Hall–Kier alpha value is -1.52. The smallest absolute Gasteiger partial charge is 0.0931 e. The molecule has 84 valence electrons. The van der Waals surface area contributed by atoms with Gasteiger partial charge >= 0.3 is 0 Å². The normalized spacial score (nSPS) is 11.2. The molecule has 0 radical (unpaired) electrons. The van der Waals surface area contributed by atoms with Crippen LogP contribution < -0.4 is 5.73 Å². The molecule has 0 saturated carbocycles. The minimum absolute atomic E-state index is 0.674. The average molecular weight is 216 g/mol. The van der Waals surface area contributed by atoms with Gasteiger partial charge in [-0.3, -0.25) is 9.97 Å². The summed E-state index contributed by atoms with van der Waals surface area (Å²) >= 11 is 0. The van der Waals surface area contributed by atoms with Gasteiger partial charge in [0.15, 0.2) is 0 Å². The molecule has 0 aliphatic heterocycles. The first-order chi connectivity index (χ1) is 7.81. The highest BCUT2D eigenvalue weighted by atomic mass is 15.1.